The molecule has 1 unspecified atom stereocenters. The van der Waals surface area contributed by atoms with E-state index in [0.29, 0.717) is 24.9 Å². The minimum atomic E-state index is -0.108. The van der Waals surface area contributed by atoms with E-state index in [9.17, 15) is 0 Å². The van der Waals surface area contributed by atoms with E-state index < -0.39 is 0 Å². The highest BCUT2D eigenvalue weighted by Gasteiger charge is 2.24. The molecule has 0 spiro atoms. The van der Waals surface area contributed by atoms with Gasteiger partial charge in [-0.3, -0.25) is 4.90 Å². The molecule has 1 aliphatic rings. The molecule has 0 bridgehead atoms. The first-order valence-electron chi connectivity index (χ1n) is 6.30. The molecule has 1 fully saturated rings. The van der Waals surface area contributed by atoms with Crippen molar-refractivity contribution in [3.8, 4) is 0 Å². The Morgan fingerprint density at radius 1 is 1.53 bits per heavy atom. The van der Waals surface area contributed by atoms with Crippen LogP contribution in [-0.4, -0.2) is 48.2 Å². The summed E-state index contributed by atoms with van der Waals surface area (Å²) in [7, 11) is 1.64. The Balaban J connectivity index is 2.24. The van der Waals surface area contributed by atoms with Crippen molar-refractivity contribution in [1.82, 2.24) is 14.9 Å². The summed E-state index contributed by atoms with van der Waals surface area (Å²) in [5.41, 5.74) is 6.76. The van der Waals surface area contributed by atoms with Gasteiger partial charge in [-0.15, -0.1) is 0 Å². The third kappa shape index (κ3) is 3.53. The van der Waals surface area contributed by atoms with Crippen LogP contribution < -0.4 is 5.73 Å². The van der Waals surface area contributed by atoms with Crippen molar-refractivity contribution in [2.75, 3.05) is 39.1 Å². The van der Waals surface area contributed by atoms with Crippen LogP contribution in [0.4, 0.5) is 5.82 Å². The standard InChI is InChI=1S/C12H19IN4O2/c1-3-17-4-5-19-9(6-17)12-15-8(7-18-2)10(13)11(14)16-12/h9H,3-7H2,1-2H3,(H2,14,15,16). The summed E-state index contributed by atoms with van der Waals surface area (Å²) in [5, 5.41) is 0. The van der Waals surface area contributed by atoms with Crippen molar-refractivity contribution in [2.45, 2.75) is 19.6 Å². The maximum Gasteiger partial charge on any atom is 0.161 e. The van der Waals surface area contributed by atoms with Crippen molar-refractivity contribution in [3.05, 3.63) is 15.1 Å². The number of nitrogens with zero attached hydrogens (tertiary/aromatic N) is 3. The van der Waals surface area contributed by atoms with Crippen LogP contribution in [0.2, 0.25) is 0 Å². The quantitative estimate of drug-likeness (QED) is 0.794. The van der Waals surface area contributed by atoms with Crippen molar-refractivity contribution in [1.29, 1.82) is 0 Å². The first-order chi connectivity index (χ1) is 9.15. The number of hydrogen-bond donors (Lipinski definition) is 1. The highest BCUT2D eigenvalue weighted by Crippen LogP contribution is 2.24. The highest BCUT2D eigenvalue weighted by atomic mass is 127. The van der Waals surface area contributed by atoms with Crippen molar-refractivity contribution >= 4 is 28.4 Å². The maximum atomic E-state index is 5.94. The van der Waals surface area contributed by atoms with Crippen LogP contribution in [0.1, 0.15) is 24.5 Å². The van der Waals surface area contributed by atoms with Crippen LogP contribution in [-0.2, 0) is 16.1 Å². The van der Waals surface area contributed by atoms with E-state index >= 15 is 0 Å². The fourth-order valence-corrected chi connectivity index (χ4v) is 2.45. The molecular formula is C12H19IN4O2. The van der Waals surface area contributed by atoms with Gasteiger partial charge in [0.15, 0.2) is 5.82 Å². The number of halogens is 1. The normalized spacial score (nSPS) is 20.7. The second kappa shape index (κ2) is 6.78. The van der Waals surface area contributed by atoms with Crippen LogP contribution in [0.5, 0.6) is 0 Å². The minimum Gasteiger partial charge on any atom is -0.383 e. The zero-order chi connectivity index (χ0) is 13.8. The Morgan fingerprint density at radius 2 is 2.32 bits per heavy atom. The zero-order valence-electron chi connectivity index (χ0n) is 11.2. The number of morpholine rings is 1. The number of methoxy groups -OCH3 is 1. The van der Waals surface area contributed by atoms with E-state index in [4.69, 9.17) is 15.2 Å². The Kier molecular flexibility index (Phi) is 5.31. The molecule has 106 valence electrons. The summed E-state index contributed by atoms with van der Waals surface area (Å²) in [6.07, 6.45) is -0.108. The van der Waals surface area contributed by atoms with Crippen LogP contribution in [0, 0.1) is 3.57 Å². The lowest BCUT2D eigenvalue weighted by atomic mass is 10.2. The fourth-order valence-electron chi connectivity index (χ4n) is 2.05. The topological polar surface area (TPSA) is 73.5 Å². The largest absolute Gasteiger partial charge is 0.383 e. The van der Waals surface area contributed by atoms with Crippen LogP contribution in [0.15, 0.2) is 0 Å². The molecule has 0 aliphatic carbocycles. The Bertz CT molecular complexity index is 444. The molecule has 1 saturated heterocycles. The van der Waals surface area contributed by atoms with Gasteiger partial charge in [-0.05, 0) is 29.1 Å². The fraction of sp³-hybridized carbons (Fsp3) is 0.667. The third-order valence-corrected chi connectivity index (χ3v) is 4.30. The summed E-state index contributed by atoms with van der Waals surface area (Å²) >= 11 is 2.15. The lowest BCUT2D eigenvalue weighted by Gasteiger charge is -2.31. The summed E-state index contributed by atoms with van der Waals surface area (Å²) in [6, 6.07) is 0. The van der Waals surface area contributed by atoms with Gasteiger partial charge in [0.1, 0.15) is 11.9 Å². The monoisotopic (exact) mass is 378 g/mol. The summed E-state index contributed by atoms with van der Waals surface area (Å²) in [6.45, 7) is 6.04. The Morgan fingerprint density at radius 3 is 3.00 bits per heavy atom. The van der Waals surface area contributed by atoms with E-state index in [2.05, 4.69) is 44.4 Å². The molecule has 0 radical (unpaired) electrons. The molecule has 7 heteroatoms. The van der Waals surface area contributed by atoms with Crippen molar-refractivity contribution < 1.29 is 9.47 Å². The molecule has 2 heterocycles. The Labute approximate surface area is 126 Å². The molecule has 1 aliphatic heterocycles. The SMILES string of the molecule is CCN1CCOC(c2nc(N)c(I)c(COC)n2)C1. The Hall–Kier alpha value is -0.510. The van der Waals surface area contributed by atoms with Gasteiger partial charge in [0, 0.05) is 20.2 Å². The van der Waals surface area contributed by atoms with Gasteiger partial charge in [0.25, 0.3) is 0 Å². The number of anilines is 1. The number of nitrogens with two attached hydrogens (primary N) is 1. The zero-order valence-corrected chi connectivity index (χ0v) is 13.4. The van der Waals surface area contributed by atoms with Gasteiger partial charge < -0.3 is 15.2 Å². The van der Waals surface area contributed by atoms with E-state index in [-0.39, 0.29) is 6.10 Å². The molecule has 2 rings (SSSR count). The predicted molar refractivity (Wildman–Crippen MR) is 80.7 cm³/mol. The second-order valence-corrected chi connectivity index (χ2v) is 5.49. The maximum absolute atomic E-state index is 5.94. The predicted octanol–water partition coefficient (Wildman–Crippen LogP) is 1.20. The average Bonchev–Trinajstić information content (AvgIpc) is 2.44. The molecule has 19 heavy (non-hydrogen) atoms. The lowest BCUT2D eigenvalue weighted by Crippen LogP contribution is -2.38. The third-order valence-electron chi connectivity index (χ3n) is 3.13. The van der Waals surface area contributed by atoms with Gasteiger partial charge in [-0.2, -0.15) is 0 Å². The molecule has 0 aromatic carbocycles. The molecule has 2 N–H and O–H groups in total. The first-order valence-corrected chi connectivity index (χ1v) is 7.38. The van der Waals surface area contributed by atoms with Gasteiger partial charge in [0.2, 0.25) is 0 Å². The number of nitrogen functional groups attached to an aromatic ring is 1. The van der Waals surface area contributed by atoms with Crippen LogP contribution in [0.3, 0.4) is 0 Å². The lowest BCUT2D eigenvalue weighted by molar-refractivity contribution is -0.0327. The number of likely N-dealkylation sites (N-methyl/N-ethyl adjacent to an activating group) is 1. The summed E-state index contributed by atoms with van der Waals surface area (Å²) in [4.78, 5) is 11.2. The second-order valence-electron chi connectivity index (χ2n) is 4.41. The van der Waals surface area contributed by atoms with E-state index in [1.165, 1.54) is 0 Å². The molecule has 6 nitrogen and oxygen atoms in total. The molecule has 0 saturated carbocycles. The molecular weight excluding hydrogens is 359 g/mol. The van der Waals surface area contributed by atoms with E-state index in [1.807, 2.05) is 0 Å². The van der Waals surface area contributed by atoms with Crippen LogP contribution >= 0.6 is 22.6 Å². The first kappa shape index (κ1) is 14.9. The number of hydrogen-bond acceptors (Lipinski definition) is 6. The van der Waals surface area contributed by atoms with E-state index in [0.717, 1.165) is 28.9 Å². The van der Waals surface area contributed by atoms with Gasteiger partial charge in [-0.25, -0.2) is 9.97 Å². The van der Waals surface area contributed by atoms with Crippen molar-refractivity contribution in [3.63, 3.8) is 0 Å². The minimum absolute atomic E-state index is 0.108. The average molecular weight is 378 g/mol. The summed E-state index contributed by atoms with van der Waals surface area (Å²) < 4.78 is 11.8. The number of rotatable bonds is 4. The van der Waals surface area contributed by atoms with Gasteiger partial charge in [0.05, 0.1) is 22.5 Å². The van der Waals surface area contributed by atoms with Gasteiger partial charge in [-0.1, -0.05) is 6.92 Å². The molecule has 1 aromatic rings. The number of aromatic nitrogens is 2. The molecule has 0 amide bonds. The summed E-state index contributed by atoms with van der Waals surface area (Å²) in [5.74, 6) is 1.15. The number of ether oxygens (including phenoxy) is 2. The van der Waals surface area contributed by atoms with Gasteiger partial charge >= 0.3 is 0 Å². The smallest absolute Gasteiger partial charge is 0.161 e. The molecule has 1 atom stereocenters. The molecule has 1 aromatic heterocycles. The van der Waals surface area contributed by atoms with Crippen molar-refractivity contribution in [2.24, 2.45) is 0 Å². The van der Waals surface area contributed by atoms with Crippen LogP contribution in [0.25, 0.3) is 0 Å². The van der Waals surface area contributed by atoms with E-state index in [1.54, 1.807) is 7.11 Å². The highest BCUT2D eigenvalue weighted by molar-refractivity contribution is 14.1.